The van der Waals surface area contributed by atoms with Crippen LogP contribution in [-0.2, 0) is 28.7 Å². The van der Waals surface area contributed by atoms with Gasteiger partial charge < -0.3 is 29.7 Å². The molecular formula is C29H34BrN3O7. The average Bonchev–Trinajstić information content (AvgIpc) is 3.51. The fourth-order valence-corrected chi connectivity index (χ4v) is 7.02. The second-order valence-corrected chi connectivity index (χ2v) is 11.7. The summed E-state index contributed by atoms with van der Waals surface area (Å²) in [5, 5.41) is 12.8. The van der Waals surface area contributed by atoms with Crippen molar-refractivity contribution < 1.29 is 33.8 Å². The lowest BCUT2D eigenvalue weighted by atomic mass is 9.74. The number of amides is 3. The van der Waals surface area contributed by atoms with Gasteiger partial charge in [-0.1, -0.05) is 58.4 Å². The summed E-state index contributed by atoms with van der Waals surface area (Å²) in [6.45, 7) is 3.55. The number of hydrogen-bond donors (Lipinski definition) is 2. The lowest BCUT2D eigenvalue weighted by Gasteiger charge is -2.37. The van der Waals surface area contributed by atoms with Crippen molar-refractivity contribution in [3.05, 3.63) is 58.6 Å². The number of likely N-dealkylation sites (tertiary alicyclic amines) is 1. The van der Waals surface area contributed by atoms with Gasteiger partial charge in [0.05, 0.1) is 24.5 Å². The Bertz CT molecular complexity index is 1240. The first kappa shape index (κ1) is 28.5. The number of aliphatic hydroxyl groups is 1. The molecule has 3 amide bonds. The van der Waals surface area contributed by atoms with Gasteiger partial charge in [-0.2, -0.15) is 0 Å². The molecule has 1 spiro atoms. The number of aliphatic hydroxyl groups excluding tert-OH is 1. The van der Waals surface area contributed by atoms with Gasteiger partial charge >= 0.3 is 5.97 Å². The van der Waals surface area contributed by atoms with Crippen LogP contribution in [0.2, 0.25) is 0 Å². The number of nitrogens with one attached hydrogen (secondary N) is 1. The summed E-state index contributed by atoms with van der Waals surface area (Å²) >= 11 is 3.54. The number of hydrogen-bond acceptors (Lipinski definition) is 7. The summed E-state index contributed by atoms with van der Waals surface area (Å²) in [6, 6.07) is 7.26. The van der Waals surface area contributed by atoms with E-state index >= 15 is 0 Å². The normalized spacial score (nSPS) is 33.6. The molecule has 10 nitrogen and oxygen atoms in total. The number of nitrogens with zero attached hydrogens (tertiary/aromatic N) is 2. The van der Waals surface area contributed by atoms with Crippen molar-refractivity contribution in [1.82, 2.24) is 15.1 Å². The number of allylic oxidation sites excluding steroid dienone is 1. The highest BCUT2D eigenvalue weighted by atomic mass is 79.9. The summed E-state index contributed by atoms with van der Waals surface area (Å²) in [7, 11) is 0. The molecule has 5 rings (SSSR count). The SMILES string of the molecule is CC(C)N1C/C=C\CCC(=O)OC[C@@H](c2ccccc2)NC(=O)[C@@H]2[C@H]3O[C@@]4(C=C3Br)[C@H](C1=O)N(CCO)C(=O)[C@@H]24. The maximum Gasteiger partial charge on any atom is 0.306 e. The fourth-order valence-electron chi connectivity index (χ4n) is 6.29. The Labute approximate surface area is 241 Å². The Morgan fingerprint density at radius 1 is 1.12 bits per heavy atom. The quantitative estimate of drug-likeness (QED) is 0.391. The van der Waals surface area contributed by atoms with E-state index in [2.05, 4.69) is 21.2 Å². The van der Waals surface area contributed by atoms with Crippen LogP contribution in [0.5, 0.6) is 0 Å². The minimum atomic E-state index is -1.37. The van der Waals surface area contributed by atoms with Crippen molar-refractivity contribution >= 4 is 39.6 Å². The maximum absolute atomic E-state index is 14.2. The van der Waals surface area contributed by atoms with E-state index in [0.717, 1.165) is 5.56 Å². The van der Waals surface area contributed by atoms with Gasteiger partial charge in [0, 0.05) is 30.0 Å². The molecule has 1 aromatic rings. The third-order valence-electron chi connectivity index (χ3n) is 8.12. The summed E-state index contributed by atoms with van der Waals surface area (Å²) in [5.74, 6) is -3.47. The smallest absolute Gasteiger partial charge is 0.306 e. The zero-order valence-corrected chi connectivity index (χ0v) is 24.1. The summed E-state index contributed by atoms with van der Waals surface area (Å²) < 4.78 is 12.6. The fraction of sp³-hybridized carbons (Fsp3) is 0.517. The molecule has 40 heavy (non-hydrogen) atoms. The van der Waals surface area contributed by atoms with Crippen LogP contribution in [0, 0.1) is 11.8 Å². The Morgan fingerprint density at radius 2 is 1.88 bits per heavy atom. The zero-order chi connectivity index (χ0) is 28.6. The van der Waals surface area contributed by atoms with Gasteiger partial charge in [-0.3, -0.25) is 19.2 Å². The highest BCUT2D eigenvalue weighted by Crippen LogP contribution is 2.58. The second kappa shape index (κ2) is 11.5. The lowest BCUT2D eigenvalue weighted by molar-refractivity contribution is -0.149. The van der Waals surface area contributed by atoms with E-state index in [1.54, 1.807) is 11.0 Å². The van der Waals surface area contributed by atoms with Gasteiger partial charge in [-0.25, -0.2) is 0 Å². The van der Waals surface area contributed by atoms with Crippen LogP contribution in [0.15, 0.2) is 53.0 Å². The van der Waals surface area contributed by atoms with Crippen molar-refractivity contribution in [1.29, 1.82) is 0 Å². The van der Waals surface area contributed by atoms with Gasteiger partial charge in [0.15, 0.2) is 0 Å². The monoisotopic (exact) mass is 615 g/mol. The molecule has 2 N–H and O–H groups in total. The summed E-state index contributed by atoms with van der Waals surface area (Å²) in [5.41, 5.74) is -0.621. The minimum absolute atomic E-state index is 0.0638. The standard InChI is InChI=1S/C29H34BrN3O7/c1-17(2)32-12-8-4-7-11-21(35)39-16-20(18-9-5-3-6-10-18)31-26(36)22-23-27(37)33(13-14-34)25(28(32)38)29(23)15-19(30)24(22)40-29/h3-6,8-10,15,17,20,22-25,34H,7,11-14,16H2,1-2H3,(H,31,36)/b8-4-/t20-,22-,23+,24-,25-,29+/m0/s1. The van der Waals surface area contributed by atoms with Crippen molar-refractivity contribution in [2.75, 3.05) is 26.3 Å². The highest BCUT2D eigenvalue weighted by Gasteiger charge is 2.74. The van der Waals surface area contributed by atoms with Gasteiger partial charge in [-0.15, -0.1) is 0 Å². The van der Waals surface area contributed by atoms with Gasteiger partial charge in [-0.05, 0) is 31.9 Å². The molecule has 0 unspecified atom stereocenters. The molecule has 5 bridgehead atoms. The molecule has 11 heteroatoms. The number of β-amino-alcohol motifs (C(OH)–C–C–N with tert-alkyl or cyclic N) is 1. The molecule has 214 valence electrons. The number of carbonyl (C=O) groups excluding carboxylic acids is 4. The molecule has 4 aliphatic rings. The topological polar surface area (TPSA) is 125 Å². The molecule has 2 fully saturated rings. The molecule has 2 saturated heterocycles. The van der Waals surface area contributed by atoms with Gasteiger partial charge in [0.2, 0.25) is 17.7 Å². The predicted octanol–water partition coefficient (Wildman–Crippen LogP) is 1.84. The summed E-state index contributed by atoms with van der Waals surface area (Å²) in [6.07, 6.45) is 5.23. The molecule has 0 aliphatic carbocycles. The van der Waals surface area contributed by atoms with Gasteiger partial charge in [0.1, 0.15) is 24.4 Å². The van der Waals surface area contributed by atoms with E-state index in [-0.39, 0.29) is 44.7 Å². The van der Waals surface area contributed by atoms with Crippen LogP contribution >= 0.6 is 15.9 Å². The number of carbonyl (C=O) groups is 4. The zero-order valence-electron chi connectivity index (χ0n) is 22.5. The van der Waals surface area contributed by atoms with Crippen molar-refractivity contribution in [3.8, 4) is 0 Å². The molecule has 1 aromatic carbocycles. The van der Waals surface area contributed by atoms with Crippen molar-refractivity contribution in [2.45, 2.75) is 56.5 Å². The van der Waals surface area contributed by atoms with E-state index in [1.807, 2.05) is 56.3 Å². The molecule has 6 atom stereocenters. The van der Waals surface area contributed by atoms with Gasteiger partial charge in [0.25, 0.3) is 0 Å². The van der Waals surface area contributed by atoms with Crippen LogP contribution in [0.1, 0.15) is 38.3 Å². The first-order chi connectivity index (χ1) is 19.2. The number of rotatable bonds is 4. The number of benzene rings is 1. The van der Waals surface area contributed by atoms with Crippen molar-refractivity contribution in [3.63, 3.8) is 0 Å². The molecule has 0 saturated carbocycles. The second-order valence-electron chi connectivity index (χ2n) is 10.8. The predicted molar refractivity (Wildman–Crippen MR) is 148 cm³/mol. The largest absolute Gasteiger partial charge is 0.463 e. The number of halogens is 1. The van der Waals surface area contributed by atoms with E-state index in [4.69, 9.17) is 9.47 Å². The third kappa shape index (κ3) is 4.88. The van der Waals surface area contributed by atoms with Crippen LogP contribution in [0.4, 0.5) is 0 Å². The van der Waals surface area contributed by atoms with Crippen LogP contribution < -0.4 is 5.32 Å². The Morgan fingerprint density at radius 3 is 2.58 bits per heavy atom. The summed E-state index contributed by atoms with van der Waals surface area (Å²) in [4.78, 5) is 57.6. The number of cyclic esters (lactones) is 1. The lowest BCUT2D eigenvalue weighted by Crippen LogP contribution is -2.57. The third-order valence-corrected chi connectivity index (χ3v) is 8.80. The van der Waals surface area contributed by atoms with Crippen LogP contribution in [-0.4, -0.2) is 88.7 Å². The molecular weight excluding hydrogens is 582 g/mol. The van der Waals surface area contributed by atoms with Crippen molar-refractivity contribution in [2.24, 2.45) is 11.8 Å². The average molecular weight is 617 g/mol. The maximum atomic E-state index is 14.2. The number of ether oxygens (including phenoxy) is 2. The Kier molecular flexibility index (Phi) is 8.17. The van der Waals surface area contributed by atoms with E-state index in [0.29, 0.717) is 10.9 Å². The molecule has 0 aromatic heterocycles. The minimum Gasteiger partial charge on any atom is -0.463 e. The molecule has 0 radical (unpaired) electrons. The van der Waals surface area contributed by atoms with E-state index in [9.17, 15) is 24.3 Å². The first-order valence-corrected chi connectivity index (χ1v) is 14.4. The first-order valence-electron chi connectivity index (χ1n) is 13.6. The number of esters is 1. The Hall–Kier alpha value is -3.02. The molecule has 4 aliphatic heterocycles. The van der Waals surface area contributed by atoms with E-state index in [1.165, 1.54) is 4.90 Å². The van der Waals surface area contributed by atoms with Crippen LogP contribution in [0.3, 0.4) is 0 Å². The molecule has 4 heterocycles. The highest BCUT2D eigenvalue weighted by molar-refractivity contribution is 9.11. The van der Waals surface area contributed by atoms with E-state index < -0.39 is 53.4 Å². The van der Waals surface area contributed by atoms with Crippen LogP contribution in [0.25, 0.3) is 0 Å². The Balaban J connectivity index is 1.58. The number of fused-ring (bicyclic) bond motifs is 2.